The lowest BCUT2D eigenvalue weighted by Crippen LogP contribution is -2.19. The van der Waals surface area contributed by atoms with Crippen molar-refractivity contribution in [3.05, 3.63) is 76.1 Å². The summed E-state index contributed by atoms with van der Waals surface area (Å²) in [6.45, 7) is 2.09. The average molecular weight is 377 g/mol. The molecular weight excluding hydrogens is 358 g/mol. The van der Waals surface area contributed by atoms with Crippen LogP contribution in [-0.2, 0) is 0 Å². The van der Waals surface area contributed by atoms with Crippen molar-refractivity contribution in [2.24, 2.45) is 0 Å². The number of amides is 1. The van der Waals surface area contributed by atoms with Crippen LogP contribution in [0.1, 0.15) is 38.4 Å². The third-order valence-corrected chi connectivity index (χ3v) is 5.49. The smallest absolute Gasteiger partial charge is 0.257 e. The second kappa shape index (κ2) is 7.72. The maximum absolute atomic E-state index is 12.7. The van der Waals surface area contributed by atoms with E-state index >= 15 is 0 Å². The Balaban J connectivity index is 1.52. The molecule has 0 aliphatic carbocycles. The maximum atomic E-state index is 12.7. The molecule has 1 aromatic carbocycles. The van der Waals surface area contributed by atoms with E-state index in [1.54, 1.807) is 42.6 Å². The summed E-state index contributed by atoms with van der Waals surface area (Å²) in [6, 6.07) is 14.2. The van der Waals surface area contributed by atoms with E-state index in [-0.39, 0.29) is 11.7 Å². The van der Waals surface area contributed by atoms with Crippen LogP contribution in [-0.4, -0.2) is 29.8 Å². The van der Waals surface area contributed by atoms with Gasteiger partial charge in [0.15, 0.2) is 0 Å². The van der Waals surface area contributed by atoms with Gasteiger partial charge in [0.2, 0.25) is 5.78 Å². The van der Waals surface area contributed by atoms with E-state index in [2.05, 4.69) is 15.2 Å². The number of carbonyl (C=O) groups is 2. The van der Waals surface area contributed by atoms with Gasteiger partial charge in [-0.25, -0.2) is 4.98 Å². The van der Waals surface area contributed by atoms with Crippen molar-refractivity contribution in [1.82, 2.24) is 4.98 Å². The molecule has 3 aromatic rings. The summed E-state index contributed by atoms with van der Waals surface area (Å²) in [5.74, 6) is -0.00802. The van der Waals surface area contributed by atoms with E-state index in [0.717, 1.165) is 18.8 Å². The predicted octanol–water partition coefficient (Wildman–Crippen LogP) is 4.23. The third-order valence-electron chi connectivity index (χ3n) is 4.62. The zero-order valence-corrected chi connectivity index (χ0v) is 15.5. The van der Waals surface area contributed by atoms with Gasteiger partial charge in [-0.2, -0.15) is 0 Å². The number of hydrogen-bond donors (Lipinski definition) is 1. The number of nitrogens with zero attached hydrogens (tertiary/aromatic N) is 2. The van der Waals surface area contributed by atoms with Crippen molar-refractivity contribution in [3.8, 4) is 0 Å². The number of ketones is 1. The molecule has 1 aliphatic heterocycles. The quantitative estimate of drug-likeness (QED) is 0.676. The topological polar surface area (TPSA) is 62.3 Å². The lowest BCUT2D eigenvalue weighted by Gasteiger charge is -2.17. The predicted molar refractivity (Wildman–Crippen MR) is 108 cm³/mol. The second-order valence-electron chi connectivity index (χ2n) is 6.40. The number of anilines is 2. The highest BCUT2D eigenvalue weighted by molar-refractivity contribution is 7.12. The van der Waals surface area contributed by atoms with Gasteiger partial charge < -0.3 is 10.2 Å². The van der Waals surface area contributed by atoms with Crippen LogP contribution in [0.5, 0.6) is 0 Å². The van der Waals surface area contributed by atoms with Crippen molar-refractivity contribution in [3.63, 3.8) is 0 Å². The van der Waals surface area contributed by atoms with E-state index in [1.165, 1.54) is 24.2 Å². The van der Waals surface area contributed by atoms with Gasteiger partial charge in [-0.05, 0) is 42.5 Å². The van der Waals surface area contributed by atoms with Gasteiger partial charge in [0.25, 0.3) is 5.91 Å². The van der Waals surface area contributed by atoms with Gasteiger partial charge >= 0.3 is 0 Å². The molecule has 0 unspecified atom stereocenters. The summed E-state index contributed by atoms with van der Waals surface area (Å²) in [5, 5.41) is 4.65. The first-order valence-electron chi connectivity index (χ1n) is 8.92. The molecule has 1 amide bonds. The first-order valence-corrected chi connectivity index (χ1v) is 9.80. The molecule has 1 aliphatic rings. The van der Waals surface area contributed by atoms with Crippen molar-refractivity contribution in [2.45, 2.75) is 12.8 Å². The van der Waals surface area contributed by atoms with Crippen molar-refractivity contribution in [2.75, 3.05) is 23.3 Å². The van der Waals surface area contributed by atoms with Crippen LogP contribution in [0.4, 0.5) is 11.5 Å². The van der Waals surface area contributed by atoms with E-state index < -0.39 is 0 Å². The Bertz CT molecular complexity index is 946. The first-order chi connectivity index (χ1) is 13.2. The summed E-state index contributed by atoms with van der Waals surface area (Å²) in [7, 11) is 0. The van der Waals surface area contributed by atoms with Gasteiger partial charge in [0, 0.05) is 18.7 Å². The van der Waals surface area contributed by atoms with Gasteiger partial charge in [-0.3, -0.25) is 9.59 Å². The largest absolute Gasteiger partial charge is 0.370 e. The number of hydrogen-bond acceptors (Lipinski definition) is 5. The van der Waals surface area contributed by atoms with E-state index in [1.807, 2.05) is 17.5 Å². The Kier molecular flexibility index (Phi) is 4.98. The highest BCUT2D eigenvalue weighted by Crippen LogP contribution is 2.22. The zero-order valence-electron chi connectivity index (χ0n) is 14.7. The number of benzene rings is 1. The Labute approximate surface area is 161 Å². The number of carbonyl (C=O) groups excluding carboxylic acids is 2. The number of rotatable bonds is 5. The number of thiophene rings is 1. The molecule has 3 heterocycles. The van der Waals surface area contributed by atoms with E-state index in [9.17, 15) is 9.59 Å². The fraction of sp³-hybridized carbons (Fsp3) is 0.190. The molecule has 4 rings (SSSR count). The molecule has 6 heteroatoms. The van der Waals surface area contributed by atoms with E-state index in [4.69, 9.17) is 0 Å². The number of nitrogens with one attached hydrogen (secondary N) is 1. The van der Waals surface area contributed by atoms with Gasteiger partial charge in [0.05, 0.1) is 22.3 Å². The summed E-state index contributed by atoms with van der Waals surface area (Å²) >= 11 is 1.37. The standard InChI is InChI=1S/C21H19N3O2S/c25-20(18-8-5-13-27-18)16-6-1-2-7-17(16)21(26)23-19-10-9-15(14-22-19)24-11-3-4-12-24/h1-2,5-10,13-14H,3-4,11-12H2,(H,22,23,26). The van der Waals surface area contributed by atoms with Crippen molar-refractivity contribution < 1.29 is 9.59 Å². The van der Waals surface area contributed by atoms with Crippen LogP contribution < -0.4 is 10.2 Å². The summed E-state index contributed by atoms with van der Waals surface area (Å²) < 4.78 is 0. The van der Waals surface area contributed by atoms with Crippen LogP contribution in [0.15, 0.2) is 60.1 Å². The number of pyridine rings is 1. The van der Waals surface area contributed by atoms with Crippen LogP contribution in [0, 0.1) is 0 Å². The highest BCUT2D eigenvalue weighted by Gasteiger charge is 2.19. The Morgan fingerprint density at radius 2 is 1.74 bits per heavy atom. The summed E-state index contributed by atoms with van der Waals surface area (Å²) in [4.78, 5) is 32.7. The molecular formula is C21H19N3O2S. The highest BCUT2D eigenvalue weighted by atomic mass is 32.1. The van der Waals surface area contributed by atoms with Crippen molar-refractivity contribution >= 4 is 34.5 Å². The van der Waals surface area contributed by atoms with Gasteiger partial charge in [-0.15, -0.1) is 11.3 Å². The fourth-order valence-electron chi connectivity index (χ4n) is 3.23. The van der Waals surface area contributed by atoms with Gasteiger partial charge in [-0.1, -0.05) is 24.3 Å². The normalized spacial score (nSPS) is 13.6. The third kappa shape index (κ3) is 3.75. The minimum Gasteiger partial charge on any atom is -0.370 e. The van der Waals surface area contributed by atoms with Crippen LogP contribution >= 0.6 is 11.3 Å². The molecule has 0 atom stereocenters. The fourth-order valence-corrected chi connectivity index (χ4v) is 3.90. The molecule has 1 N–H and O–H groups in total. The lowest BCUT2D eigenvalue weighted by molar-refractivity contribution is 0.0997. The molecule has 0 spiro atoms. The molecule has 0 bridgehead atoms. The van der Waals surface area contributed by atoms with Crippen LogP contribution in [0.2, 0.25) is 0 Å². The average Bonchev–Trinajstić information content (AvgIpc) is 3.42. The SMILES string of the molecule is O=C(Nc1ccc(N2CCCC2)cn1)c1ccccc1C(=O)c1cccs1. The minimum atomic E-state index is -0.336. The number of aromatic nitrogens is 1. The summed E-state index contributed by atoms with van der Waals surface area (Å²) in [6.07, 6.45) is 4.19. The lowest BCUT2D eigenvalue weighted by atomic mass is 10.0. The van der Waals surface area contributed by atoms with Crippen LogP contribution in [0.3, 0.4) is 0 Å². The Hall–Kier alpha value is -2.99. The molecule has 2 aromatic heterocycles. The minimum absolute atomic E-state index is 0.145. The molecule has 136 valence electrons. The van der Waals surface area contributed by atoms with E-state index in [0.29, 0.717) is 21.8 Å². The molecule has 0 saturated carbocycles. The van der Waals surface area contributed by atoms with Crippen LogP contribution in [0.25, 0.3) is 0 Å². The summed E-state index contributed by atoms with van der Waals surface area (Å²) in [5.41, 5.74) is 1.81. The monoisotopic (exact) mass is 377 g/mol. The molecule has 5 nitrogen and oxygen atoms in total. The zero-order chi connectivity index (χ0) is 18.6. The molecule has 0 radical (unpaired) electrons. The van der Waals surface area contributed by atoms with Crippen molar-refractivity contribution in [1.29, 1.82) is 0 Å². The first kappa shape index (κ1) is 17.4. The molecule has 1 saturated heterocycles. The van der Waals surface area contributed by atoms with Gasteiger partial charge in [0.1, 0.15) is 5.82 Å². The molecule has 27 heavy (non-hydrogen) atoms. The molecule has 1 fully saturated rings. The Morgan fingerprint density at radius 1 is 0.963 bits per heavy atom. The Morgan fingerprint density at radius 3 is 2.41 bits per heavy atom. The second-order valence-corrected chi connectivity index (χ2v) is 7.35. The maximum Gasteiger partial charge on any atom is 0.257 e.